The van der Waals surface area contributed by atoms with Gasteiger partial charge < -0.3 is 25.7 Å². The van der Waals surface area contributed by atoms with E-state index in [1.54, 1.807) is 30.3 Å². The van der Waals surface area contributed by atoms with Crippen molar-refractivity contribution in [3.8, 4) is 23.0 Å². The maximum atomic E-state index is 10.8. The smallest absolute Gasteiger partial charge is 0.506 e. The molecular formula is C44H46CrN7O8+. The number of non-ortho nitro benzene ring substituents is 2. The molecule has 16 heteroatoms. The second kappa shape index (κ2) is 21.5. The SMILES string of the molecule is C1CCC(NC2CCCCC2)CC1.O=[N+]([O-])c1ccc(N=Nc2c(O)ccc3ccccc23)c(O)c1.O=[N+]([O-])c1ccc(O)c(N=Nc2c(O)ccc3ccccc23)c1.[Cr].[H+]. The molecule has 15 nitrogen and oxygen atoms in total. The van der Waals surface area contributed by atoms with E-state index in [0.29, 0.717) is 10.8 Å². The van der Waals surface area contributed by atoms with E-state index >= 15 is 0 Å². The number of nitrogens with zero attached hydrogens (tertiary/aromatic N) is 6. The molecule has 2 aliphatic rings. The zero-order valence-electron chi connectivity index (χ0n) is 33.6. The number of phenols is 4. The molecular weight excluding hydrogens is 807 g/mol. The summed E-state index contributed by atoms with van der Waals surface area (Å²) < 4.78 is 0. The fourth-order valence-electron chi connectivity index (χ4n) is 7.19. The van der Waals surface area contributed by atoms with Crippen molar-refractivity contribution in [1.29, 1.82) is 0 Å². The van der Waals surface area contributed by atoms with Gasteiger partial charge in [-0.25, -0.2) is 0 Å². The van der Waals surface area contributed by atoms with E-state index < -0.39 is 9.85 Å². The minimum Gasteiger partial charge on any atom is -0.506 e. The van der Waals surface area contributed by atoms with Crippen molar-refractivity contribution in [3.05, 3.63) is 129 Å². The Hall–Kier alpha value is -6.47. The average Bonchev–Trinajstić information content (AvgIpc) is 3.25. The summed E-state index contributed by atoms with van der Waals surface area (Å²) in [5, 5.41) is 83.5. The van der Waals surface area contributed by atoms with Gasteiger partial charge in [-0.3, -0.25) is 20.2 Å². The zero-order valence-corrected chi connectivity index (χ0v) is 33.9. The van der Waals surface area contributed by atoms with E-state index in [4.69, 9.17) is 0 Å². The maximum absolute atomic E-state index is 10.8. The van der Waals surface area contributed by atoms with Crippen LogP contribution in [0.25, 0.3) is 21.5 Å². The van der Waals surface area contributed by atoms with E-state index in [1.165, 1.54) is 101 Å². The monoisotopic (exact) mass is 852 g/mol. The van der Waals surface area contributed by atoms with Crippen LogP contribution in [0.2, 0.25) is 0 Å². The van der Waals surface area contributed by atoms with Gasteiger partial charge in [0.15, 0.2) is 0 Å². The van der Waals surface area contributed by atoms with Gasteiger partial charge in [-0.1, -0.05) is 99.2 Å². The van der Waals surface area contributed by atoms with E-state index in [0.717, 1.165) is 35.0 Å². The summed E-state index contributed by atoms with van der Waals surface area (Å²) in [5.74, 6) is -0.715. The van der Waals surface area contributed by atoms with Gasteiger partial charge in [-0.15, -0.1) is 20.5 Å². The van der Waals surface area contributed by atoms with Gasteiger partial charge in [0.2, 0.25) is 0 Å². The largest absolute Gasteiger partial charge is 1.00 e. The number of hydrogen-bond donors (Lipinski definition) is 5. The molecule has 0 aromatic heterocycles. The summed E-state index contributed by atoms with van der Waals surface area (Å²) in [6.45, 7) is 0. The molecule has 5 N–H and O–H groups in total. The molecule has 310 valence electrons. The van der Waals surface area contributed by atoms with Crippen molar-refractivity contribution in [1.82, 2.24) is 5.32 Å². The standard InChI is InChI=1S/2C16H11N3O4.C12H23N.Cr/c20-14-8-5-10-3-1-2-4-12(10)16(14)18-17-13-7-6-11(19(22)23)9-15(13)21;20-14-8-6-11(19(22)23)9-13(14)17-18-16-12-4-2-1-3-10(12)5-7-15(16)21;1-3-7-11(8-4-1)13-12-9-5-2-6-10-12;/h2*1-9,20-21H;11-13H,1-10H2;/p+1. The fourth-order valence-corrected chi connectivity index (χ4v) is 7.19. The summed E-state index contributed by atoms with van der Waals surface area (Å²) in [5.41, 5.74) is 0.0673. The fraction of sp³-hybridized carbons (Fsp3) is 0.273. The molecule has 60 heavy (non-hydrogen) atoms. The number of fused-ring (bicyclic) bond motifs is 2. The van der Waals surface area contributed by atoms with E-state index in [1.807, 2.05) is 30.3 Å². The van der Waals surface area contributed by atoms with Crippen LogP contribution in [0.4, 0.5) is 34.1 Å². The third-order valence-electron chi connectivity index (χ3n) is 10.3. The molecule has 6 aromatic carbocycles. The number of phenolic OH excluding ortho intramolecular Hbond substituents is 4. The predicted octanol–water partition coefficient (Wildman–Crippen LogP) is 12.5. The second-order valence-corrected chi connectivity index (χ2v) is 14.4. The zero-order chi connectivity index (χ0) is 41.7. The van der Waals surface area contributed by atoms with Gasteiger partial charge in [0.25, 0.3) is 11.4 Å². The van der Waals surface area contributed by atoms with E-state index in [9.17, 15) is 40.7 Å². The summed E-state index contributed by atoms with van der Waals surface area (Å²) in [6, 6.07) is 29.8. The van der Waals surface area contributed by atoms with Crippen molar-refractivity contribution < 1.29 is 49.1 Å². The van der Waals surface area contributed by atoms with E-state index in [-0.39, 0.29) is 75.9 Å². The topological polar surface area (TPSA) is 229 Å². The van der Waals surface area contributed by atoms with Crippen LogP contribution in [0.15, 0.2) is 130 Å². The summed E-state index contributed by atoms with van der Waals surface area (Å²) >= 11 is 0. The van der Waals surface area contributed by atoms with Gasteiger partial charge in [-0.05, 0) is 60.7 Å². The first-order chi connectivity index (χ1) is 28.6. The van der Waals surface area contributed by atoms with Gasteiger partial charge in [0, 0.05) is 58.4 Å². The van der Waals surface area contributed by atoms with E-state index in [2.05, 4.69) is 25.8 Å². The summed E-state index contributed by atoms with van der Waals surface area (Å²) in [6.07, 6.45) is 14.6. The average molecular weight is 853 g/mol. The molecule has 6 aromatic rings. The molecule has 0 spiro atoms. The van der Waals surface area contributed by atoms with Crippen LogP contribution in [0.3, 0.4) is 0 Å². The number of benzene rings is 6. The Morgan fingerprint density at radius 3 is 1.42 bits per heavy atom. The Balaban J connectivity index is 0.000000206. The van der Waals surface area contributed by atoms with Crippen molar-refractivity contribution in [2.75, 3.05) is 0 Å². The van der Waals surface area contributed by atoms with Gasteiger partial charge in [-0.2, -0.15) is 0 Å². The predicted molar refractivity (Wildman–Crippen MR) is 227 cm³/mol. The Morgan fingerprint density at radius 2 is 0.933 bits per heavy atom. The van der Waals surface area contributed by atoms with Crippen molar-refractivity contribution in [3.63, 3.8) is 0 Å². The first kappa shape index (κ1) is 44.6. The second-order valence-electron chi connectivity index (χ2n) is 14.4. The van der Waals surface area contributed by atoms with Crippen molar-refractivity contribution in [2.45, 2.75) is 76.3 Å². The number of aromatic hydroxyl groups is 4. The van der Waals surface area contributed by atoms with Crippen LogP contribution in [-0.4, -0.2) is 42.4 Å². The Bertz CT molecular complexity index is 2480. The van der Waals surface area contributed by atoms with Crippen molar-refractivity contribution in [2.24, 2.45) is 20.5 Å². The van der Waals surface area contributed by atoms with Crippen LogP contribution in [-0.2, 0) is 17.4 Å². The Kier molecular flexibility index (Phi) is 16.0. The minimum absolute atomic E-state index is 0. The molecule has 2 aliphatic carbocycles. The number of nitrogens with one attached hydrogen (secondary N) is 1. The number of nitro benzene ring substituents is 2. The first-order valence-electron chi connectivity index (χ1n) is 19.5. The molecule has 0 amide bonds. The third-order valence-corrected chi connectivity index (χ3v) is 10.3. The number of rotatable bonds is 8. The summed E-state index contributed by atoms with van der Waals surface area (Å²) in [7, 11) is 0. The molecule has 8 rings (SSSR count). The molecule has 2 saturated carbocycles. The van der Waals surface area contributed by atoms with Gasteiger partial charge in [0.1, 0.15) is 45.7 Å². The van der Waals surface area contributed by atoms with Crippen LogP contribution in [0.1, 0.15) is 65.6 Å². The normalized spacial score (nSPS) is 14.5. The quantitative estimate of drug-likeness (QED) is 0.0556. The number of nitro groups is 2. The third kappa shape index (κ3) is 11.8. The van der Waals surface area contributed by atoms with Crippen LogP contribution in [0, 0.1) is 20.2 Å². The molecule has 2 fully saturated rings. The first-order valence-corrected chi connectivity index (χ1v) is 19.5. The van der Waals surface area contributed by atoms with Crippen molar-refractivity contribution >= 4 is 55.7 Å². The molecule has 0 saturated heterocycles. The Morgan fingerprint density at radius 1 is 0.500 bits per heavy atom. The molecule has 0 bridgehead atoms. The molecule has 0 unspecified atom stereocenters. The van der Waals surface area contributed by atoms with Crippen LogP contribution < -0.4 is 5.32 Å². The van der Waals surface area contributed by atoms with Crippen LogP contribution >= 0.6 is 0 Å². The number of azo groups is 2. The minimum atomic E-state index is -0.614. The summed E-state index contributed by atoms with van der Waals surface area (Å²) in [4.78, 5) is 20.2. The van der Waals surface area contributed by atoms with Gasteiger partial charge >= 0.3 is 1.43 Å². The van der Waals surface area contributed by atoms with Crippen LogP contribution in [0.5, 0.6) is 23.0 Å². The maximum Gasteiger partial charge on any atom is 1.00 e. The van der Waals surface area contributed by atoms with Gasteiger partial charge in [0.05, 0.1) is 15.9 Å². The molecule has 0 atom stereocenters. The molecule has 0 heterocycles. The number of hydrogen-bond acceptors (Lipinski definition) is 13. The molecule has 0 aliphatic heterocycles. The molecule has 0 radical (unpaired) electrons. The Labute approximate surface area is 358 Å².